The average molecular weight is 465 g/mol. The summed E-state index contributed by atoms with van der Waals surface area (Å²) in [7, 11) is 0. The van der Waals surface area contributed by atoms with E-state index < -0.39 is 23.8 Å². The third-order valence-corrected chi connectivity index (χ3v) is 6.38. The molecule has 0 spiro atoms. The van der Waals surface area contributed by atoms with E-state index in [1.54, 1.807) is 18.2 Å². The van der Waals surface area contributed by atoms with Crippen molar-refractivity contribution in [3.05, 3.63) is 106 Å². The first kappa shape index (κ1) is 24.0. The highest BCUT2D eigenvalue weighted by Crippen LogP contribution is 2.29. The molecule has 3 atom stereocenters. The summed E-state index contributed by atoms with van der Waals surface area (Å²) in [4.78, 5) is 12.9. The SMILES string of the molecule is Cc1cccc(C(=O)NC(Cc2cc(F)cc(F)c2)C(O)CNC2CCCc3ccccc32)c1. The molecule has 0 heterocycles. The Morgan fingerprint density at radius 3 is 2.59 bits per heavy atom. The molecule has 3 N–H and O–H groups in total. The minimum Gasteiger partial charge on any atom is -0.390 e. The highest BCUT2D eigenvalue weighted by molar-refractivity contribution is 5.94. The van der Waals surface area contributed by atoms with Gasteiger partial charge in [0, 0.05) is 24.2 Å². The fourth-order valence-corrected chi connectivity index (χ4v) is 4.68. The van der Waals surface area contributed by atoms with Crippen molar-refractivity contribution in [2.45, 2.75) is 50.8 Å². The van der Waals surface area contributed by atoms with Crippen molar-refractivity contribution in [1.82, 2.24) is 10.6 Å². The van der Waals surface area contributed by atoms with E-state index in [1.807, 2.05) is 25.1 Å². The number of halogens is 2. The zero-order valence-electron chi connectivity index (χ0n) is 19.2. The summed E-state index contributed by atoms with van der Waals surface area (Å²) in [6.45, 7) is 2.13. The highest BCUT2D eigenvalue weighted by atomic mass is 19.1. The van der Waals surface area contributed by atoms with Crippen molar-refractivity contribution in [3.8, 4) is 0 Å². The zero-order chi connectivity index (χ0) is 24.1. The van der Waals surface area contributed by atoms with Crippen molar-refractivity contribution in [2.75, 3.05) is 6.54 Å². The zero-order valence-corrected chi connectivity index (χ0v) is 19.2. The molecule has 1 aliphatic carbocycles. The Hall–Kier alpha value is -3.09. The predicted octanol–water partition coefficient (Wildman–Crippen LogP) is 4.64. The molecule has 0 saturated carbocycles. The Balaban J connectivity index is 1.50. The van der Waals surface area contributed by atoms with E-state index >= 15 is 0 Å². The standard InChI is InChI=1S/C28H30F2N2O2/c1-18-6-4-9-21(12-18)28(34)32-26(15-19-13-22(29)16-23(30)14-19)27(33)17-31-25-11-5-8-20-7-2-3-10-24(20)25/h2-4,6-7,9-10,12-14,16,25-27,31,33H,5,8,11,15,17H2,1H3,(H,32,34). The lowest BCUT2D eigenvalue weighted by Gasteiger charge is -2.30. The van der Waals surface area contributed by atoms with Gasteiger partial charge in [-0.05, 0) is 73.6 Å². The molecule has 0 radical (unpaired) electrons. The van der Waals surface area contributed by atoms with E-state index in [9.17, 15) is 18.7 Å². The molecular weight excluding hydrogens is 434 g/mol. The molecule has 0 saturated heterocycles. The molecule has 6 heteroatoms. The fourth-order valence-electron chi connectivity index (χ4n) is 4.68. The normalized spacial score (nSPS) is 17.0. The van der Waals surface area contributed by atoms with Gasteiger partial charge < -0.3 is 15.7 Å². The van der Waals surface area contributed by atoms with Crippen LogP contribution in [0, 0.1) is 18.6 Å². The number of carbonyl (C=O) groups is 1. The van der Waals surface area contributed by atoms with Gasteiger partial charge in [0.2, 0.25) is 0 Å². The first-order valence-corrected chi connectivity index (χ1v) is 11.7. The van der Waals surface area contributed by atoms with Gasteiger partial charge >= 0.3 is 0 Å². The number of carbonyl (C=O) groups excluding carboxylic acids is 1. The van der Waals surface area contributed by atoms with E-state index in [1.165, 1.54) is 23.3 Å². The van der Waals surface area contributed by atoms with Gasteiger partial charge in [-0.25, -0.2) is 8.78 Å². The Labute approximate surface area is 199 Å². The maximum Gasteiger partial charge on any atom is 0.251 e. The first-order chi connectivity index (χ1) is 16.4. The van der Waals surface area contributed by atoms with Gasteiger partial charge in [-0.3, -0.25) is 4.79 Å². The third kappa shape index (κ3) is 6.07. The van der Waals surface area contributed by atoms with Gasteiger partial charge in [-0.1, -0.05) is 42.0 Å². The van der Waals surface area contributed by atoms with Crippen molar-refractivity contribution in [2.24, 2.45) is 0 Å². The number of aliphatic hydroxyl groups excluding tert-OH is 1. The lowest BCUT2D eigenvalue weighted by molar-refractivity contribution is 0.0823. The maximum absolute atomic E-state index is 13.8. The molecule has 4 nitrogen and oxygen atoms in total. The summed E-state index contributed by atoms with van der Waals surface area (Å²) in [5.74, 6) is -1.72. The van der Waals surface area contributed by atoms with Gasteiger partial charge in [0.05, 0.1) is 12.1 Å². The molecule has 3 aromatic rings. The molecule has 0 fully saturated rings. The van der Waals surface area contributed by atoms with Crippen LogP contribution in [0.15, 0.2) is 66.7 Å². The van der Waals surface area contributed by atoms with Crippen molar-refractivity contribution in [3.63, 3.8) is 0 Å². The van der Waals surface area contributed by atoms with Crippen LogP contribution >= 0.6 is 0 Å². The smallest absolute Gasteiger partial charge is 0.251 e. The Morgan fingerprint density at radius 1 is 1.06 bits per heavy atom. The van der Waals surface area contributed by atoms with Crippen LogP contribution in [-0.4, -0.2) is 29.7 Å². The quantitative estimate of drug-likeness (QED) is 0.455. The number of amides is 1. The number of aryl methyl sites for hydroxylation is 2. The van der Waals surface area contributed by atoms with Crippen molar-refractivity contribution in [1.29, 1.82) is 0 Å². The monoisotopic (exact) mass is 464 g/mol. The van der Waals surface area contributed by atoms with Gasteiger partial charge in [0.15, 0.2) is 0 Å². The van der Waals surface area contributed by atoms with E-state index in [2.05, 4.69) is 22.8 Å². The second kappa shape index (κ2) is 10.9. The van der Waals surface area contributed by atoms with Gasteiger partial charge in [0.25, 0.3) is 5.91 Å². The van der Waals surface area contributed by atoms with Crippen molar-refractivity contribution < 1.29 is 18.7 Å². The maximum atomic E-state index is 13.8. The molecule has 34 heavy (non-hydrogen) atoms. The summed E-state index contributed by atoms with van der Waals surface area (Å²) >= 11 is 0. The molecule has 1 aliphatic rings. The lowest BCUT2D eigenvalue weighted by Crippen LogP contribution is -2.49. The summed E-state index contributed by atoms with van der Waals surface area (Å²) in [5, 5.41) is 17.4. The van der Waals surface area contributed by atoms with E-state index in [0.717, 1.165) is 30.9 Å². The number of hydrogen-bond donors (Lipinski definition) is 3. The van der Waals surface area contributed by atoms with E-state index in [-0.39, 0.29) is 24.9 Å². The molecule has 178 valence electrons. The average Bonchev–Trinajstić information content (AvgIpc) is 2.81. The minimum atomic E-state index is -0.964. The molecule has 0 bridgehead atoms. The molecule has 4 rings (SSSR count). The first-order valence-electron chi connectivity index (χ1n) is 11.7. The Bertz CT molecular complexity index is 1130. The molecule has 3 unspecified atom stereocenters. The second-order valence-electron chi connectivity index (χ2n) is 9.05. The number of rotatable bonds is 8. The summed E-state index contributed by atoms with van der Waals surface area (Å²) < 4.78 is 27.6. The molecule has 1 amide bonds. The van der Waals surface area contributed by atoms with E-state index in [0.29, 0.717) is 11.1 Å². The largest absolute Gasteiger partial charge is 0.390 e. The predicted molar refractivity (Wildman–Crippen MR) is 129 cm³/mol. The highest BCUT2D eigenvalue weighted by Gasteiger charge is 2.26. The number of aliphatic hydroxyl groups is 1. The van der Waals surface area contributed by atoms with E-state index in [4.69, 9.17) is 0 Å². The van der Waals surface area contributed by atoms with Crippen LogP contribution in [0.4, 0.5) is 8.78 Å². The number of hydrogen-bond acceptors (Lipinski definition) is 3. The van der Waals surface area contributed by atoms with Crippen molar-refractivity contribution >= 4 is 5.91 Å². The molecule has 3 aromatic carbocycles. The summed E-state index contributed by atoms with van der Waals surface area (Å²) in [5.41, 5.74) is 4.31. The third-order valence-electron chi connectivity index (χ3n) is 6.38. The number of benzene rings is 3. The molecular formula is C28H30F2N2O2. The van der Waals surface area contributed by atoms with Crippen LogP contribution in [0.3, 0.4) is 0 Å². The Morgan fingerprint density at radius 2 is 1.82 bits per heavy atom. The van der Waals surface area contributed by atoms with Crippen LogP contribution in [-0.2, 0) is 12.8 Å². The summed E-state index contributed by atoms with van der Waals surface area (Å²) in [6, 6.07) is 18.1. The van der Waals surface area contributed by atoms with Crippen LogP contribution in [0.25, 0.3) is 0 Å². The molecule has 0 aliphatic heterocycles. The fraction of sp³-hybridized carbons (Fsp3) is 0.321. The van der Waals surface area contributed by atoms with Gasteiger partial charge in [-0.15, -0.1) is 0 Å². The lowest BCUT2D eigenvalue weighted by atomic mass is 9.87. The van der Waals surface area contributed by atoms with Crippen LogP contribution < -0.4 is 10.6 Å². The summed E-state index contributed by atoms with van der Waals surface area (Å²) in [6.07, 6.45) is 2.18. The molecule has 0 aromatic heterocycles. The van der Waals surface area contributed by atoms with Crippen LogP contribution in [0.1, 0.15) is 51.5 Å². The van der Waals surface area contributed by atoms with Gasteiger partial charge in [-0.2, -0.15) is 0 Å². The Kier molecular flexibility index (Phi) is 7.70. The minimum absolute atomic E-state index is 0.0936. The number of fused-ring (bicyclic) bond motifs is 1. The second-order valence-corrected chi connectivity index (χ2v) is 9.05. The van der Waals surface area contributed by atoms with Crippen LogP contribution in [0.5, 0.6) is 0 Å². The van der Waals surface area contributed by atoms with Gasteiger partial charge in [0.1, 0.15) is 11.6 Å². The topological polar surface area (TPSA) is 61.4 Å². The number of nitrogens with one attached hydrogen (secondary N) is 2. The van der Waals surface area contributed by atoms with Crippen LogP contribution in [0.2, 0.25) is 0 Å².